The van der Waals surface area contributed by atoms with Gasteiger partial charge in [0.15, 0.2) is 0 Å². The van der Waals surface area contributed by atoms with Crippen LogP contribution in [0.4, 0.5) is 0 Å². The highest BCUT2D eigenvalue weighted by molar-refractivity contribution is 4.94. The molecule has 116 valence electrons. The first-order valence-electron chi connectivity index (χ1n) is 8.91. The van der Waals surface area contributed by atoms with Crippen molar-refractivity contribution >= 4 is 0 Å². The summed E-state index contributed by atoms with van der Waals surface area (Å²) in [5, 5.41) is 0. The number of rotatable bonds is 4. The molecule has 0 amide bonds. The van der Waals surface area contributed by atoms with Crippen LogP contribution in [0, 0.1) is 11.8 Å². The fourth-order valence-corrected chi connectivity index (χ4v) is 4.96. The summed E-state index contributed by atoms with van der Waals surface area (Å²) in [4.78, 5) is 0. The molecule has 3 fully saturated rings. The first-order valence-corrected chi connectivity index (χ1v) is 8.91. The molecule has 2 aliphatic carbocycles. The zero-order valence-corrected chi connectivity index (χ0v) is 12.9. The highest BCUT2D eigenvalue weighted by atomic mass is 16.5. The minimum atomic E-state index is 0.227. The molecule has 3 aliphatic rings. The first kappa shape index (κ1) is 14.8. The third-order valence-electron chi connectivity index (χ3n) is 6.14. The Kier molecular flexibility index (Phi) is 5.00. The zero-order chi connectivity index (χ0) is 13.8. The van der Waals surface area contributed by atoms with E-state index in [-0.39, 0.29) is 5.60 Å². The van der Waals surface area contributed by atoms with E-state index in [9.17, 15) is 0 Å². The topological polar surface area (TPSA) is 47.3 Å². The lowest BCUT2D eigenvalue weighted by atomic mass is 9.76. The number of nitrogens with one attached hydrogen (secondary N) is 1. The first-order chi connectivity index (χ1) is 9.81. The van der Waals surface area contributed by atoms with Crippen LogP contribution in [0.1, 0.15) is 77.0 Å². The number of ether oxygens (including phenoxy) is 1. The summed E-state index contributed by atoms with van der Waals surface area (Å²) in [6.07, 6.45) is 16.2. The van der Waals surface area contributed by atoms with Crippen LogP contribution in [-0.2, 0) is 4.74 Å². The van der Waals surface area contributed by atoms with Gasteiger partial charge >= 0.3 is 0 Å². The fraction of sp³-hybridized carbons (Fsp3) is 1.00. The van der Waals surface area contributed by atoms with Crippen LogP contribution in [0.25, 0.3) is 0 Å². The Bertz CT molecular complexity index is 295. The SMILES string of the molecule is NNC(CC1CCCCC1)C1CCOC2(CCCC2)C1. The van der Waals surface area contributed by atoms with Gasteiger partial charge in [-0.3, -0.25) is 11.3 Å². The maximum Gasteiger partial charge on any atom is 0.0685 e. The largest absolute Gasteiger partial charge is 0.375 e. The highest BCUT2D eigenvalue weighted by Crippen LogP contribution is 2.43. The Labute approximate surface area is 124 Å². The molecule has 2 atom stereocenters. The lowest BCUT2D eigenvalue weighted by Gasteiger charge is -2.42. The van der Waals surface area contributed by atoms with Crippen LogP contribution in [-0.4, -0.2) is 18.2 Å². The van der Waals surface area contributed by atoms with E-state index in [2.05, 4.69) is 5.43 Å². The van der Waals surface area contributed by atoms with Crippen molar-refractivity contribution in [2.24, 2.45) is 17.7 Å². The molecule has 2 unspecified atom stereocenters. The van der Waals surface area contributed by atoms with Crippen molar-refractivity contribution in [3.63, 3.8) is 0 Å². The quantitative estimate of drug-likeness (QED) is 0.612. The van der Waals surface area contributed by atoms with Crippen molar-refractivity contribution in [1.82, 2.24) is 5.43 Å². The van der Waals surface area contributed by atoms with Crippen molar-refractivity contribution in [3.8, 4) is 0 Å². The molecule has 1 saturated heterocycles. The minimum absolute atomic E-state index is 0.227. The predicted molar refractivity (Wildman–Crippen MR) is 82.2 cm³/mol. The number of hydrazine groups is 1. The second-order valence-electron chi connectivity index (χ2n) is 7.50. The van der Waals surface area contributed by atoms with E-state index in [1.54, 1.807) is 0 Å². The zero-order valence-electron chi connectivity index (χ0n) is 12.9. The van der Waals surface area contributed by atoms with E-state index < -0.39 is 0 Å². The van der Waals surface area contributed by atoms with Crippen LogP contribution >= 0.6 is 0 Å². The second-order valence-corrected chi connectivity index (χ2v) is 7.50. The van der Waals surface area contributed by atoms with Crippen LogP contribution in [0.2, 0.25) is 0 Å². The summed E-state index contributed by atoms with van der Waals surface area (Å²) in [7, 11) is 0. The van der Waals surface area contributed by atoms with E-state index in [1.165, 1.54) is 77.0 Å². The van der Waals surface area contributed by atoms with Crippen molar-refractivity contribution in [3.05, 3.63) is 0 Å². The fourth-order valence-electron chi connectivity index (χ4n) is 4.96. The van der Waals surface area contributed by atoms with Gasteiger partial charge in [-0.25, -0.2) is 0 Å². The molecule has 2 saturated carbocycles. The van der Waals surface area contributed by atoms with Gasteiger partial charge in [-0.1, -0.05) is 44.9 Å². The normalized spacial score (nSPS) is 32.5. The molecule has 3 nitrogen and oxygen atoms in total. The minimum Gasteiger partial charge on any atom is -0.375 e. The molecule has 1 aliphatic heterocycles. The van der Waals surface area contributed by atoms with E-state index >= 15 is 0 Å². The van der Waals surface area contributed by atoms with Crippen molar-refractivity contribution in [2.75, 3.05) is 6.61 Å². The van der Waals surface area contributed by atoms with Crippen molar-refractivity contribution in [1.29, 1.82) is 0 Å². The maximum absolute atomic E-state index is 6.17. The molecule has 3 N–H and O–H groups in total. The van der Waals surface area contributed by atoms with E-state index in [0.29, 0.717) is 6.04 Å². The standard InChI is InChI=1S/C17H32N2O/c18-19-16(12-14-6-2-1-3-7-14)15-8-11-20-17(13-15)9-4-5-10-17/h14-16,19H,1-13,18H2. The van der Waals surface area contributed by atoms with Gasteiger partial charge in [0.25, 0.3) is 0 Å². The van der Waals surface area contributed by atoms with Crippen LogP contribution in [0.15, 0.2) is 0 Å². The van der Waals surface area contributed by atoms with Gasteiger partial charge in [0.1, 0.15) is 0 Å². The Hall–Kier alpha value is -0.120. The lowest BCUT2D eigenvalue weighted by Crippen LogP contribution is -2.48. The van der Waals surface area contributed by atoms with Gasteiger partial charge in [0.2, 0.25) is 0 Å². The smallest absolute Gasteiger partial charge is 0.0685 e. The number of hydrogen-bond acceptors (Lipinski definition) is 3. The Morgan fingerprint density at radius 1 is 1.05 bits per heavy atom. The van der Waals surface area contributed by atoms with Gasteiger partial charge in [0, 0.05) is 12.6 Å². The number of hydrogen-bond donors (Lipinski definition) is 2. The van der Waals surface area contributed by atoms with Crippen molar-refractivity contribution < 1.29 is 4.74 Å². The average Bonchev–Trinajstić information content (AvgIpc) is 2.93. The highest BCUT2D eigenvalue weighted by Gasteiger charge is 2.42. The lowest BCUT2D eigenvalue weighted by molar-refractivity contribution is -0.0991. The summed E-state index contributed by atoms with van der Waals surface area (Å²) in [6.45, 7) is 0.952. The summed E-state index contributed by atoms with van der Waals surface area (Å²) < 4.78 is 6.17. The van der Waals surface area contributed by atoms with E-state index in [1.807, 2.05) is 0 Å². The van der Waals surface area contributed by atoms with Crippen LogP contribution < -0.4 is 11.3 Å². The summed E-state index contributed by atoms with van der Waals surface area (Å²) in [6, 6.07) is 0.513. The molecule has 0 aromatic carbocycles. The van der Waals surface area contributed by atoms with Gasteiger partial charge in [-0.2, -0.15) is 0 Å². The molecule has 0 bridgehead atoms. The molecule has 1 heterocycles. The van der Waals surface area contributed by atoms with Gasteiger partial charge < -0.3 is 4.74 Å². The number of nitrogens with two attached hydrogens (primary N) is 1. The van der Waals surface area contributed by atoms with Gasteiger partial charge in [-0.15, -0.1) is 0 Å². The predicted octanol–water partition coefficient (Wildman–Crippen LogP) is 3.53. The Balaban J connectivity index is 1.57. The second kappa shape index (κ2) is 6.76. The Morgan fingerprint density at radius 2 is 1.80 bits per heavy atom. The van der Waals surface area contributed by atoms with Crippen LogP contribution in [0.5, 0.6) is 0 Å². The average molecular weight is 280 g/mol. The van der Waals surface area contributed by atoms with E-state index in [0.717, 1.165) is 18.4 Å². The third-order valence-corrected chi connectivity index (χ3v) is 6.14. The molecular formula is C17H32N2O. The summed E-state index contributed by atoms with van der Waals surface area (Å²) in [5.41, 5.74) is 3.40. The van der Waals surface area contributed by atoms with Gasteiger partial charge in [0.05, 0.1) is 5.60 Å². The third kappa shape index (κ3) is 3.37. The molecule has 0 radical (unpaired) electrons. The van der Waals surface area contributed by atoms with Crippen LogP contribution in [0.3, 0.4) is 0 Å². The summed E-state index contributed by atoms with van der Waals surface area (Å²) in [5.74, 6) is 7.56. The molecule has 0 aromatic heterocycles. The monoisotopic (exact) mass is 280 g/mol. The maximum atomic E-state index is 6.17. The molecule has 0 aromatic rings. The Morgan fingerprint density at radius 3 is 2.50 bits per heavy atom. The molecule has 3 heteroatoms. The molecular weight excluding hydrogens is 248 g/mol. The molecule has 3 rings (SSSR count). The van der Waals surface area contributed by atoms with E-state index in [4.69, 9.17) is 10.6 Å². The molecule has 20 heavy (non-hydrogen) atoms. The van der Waals surface area contributed by atoms with Crippen molar-refractivity contribution in [2.45, 2.75) is 88.7 Å². The molecule has 1 spiro atoms. The van der Waals surface area contributed by atoms with Gasteiger partial charge in [-0.05, 0) is 43.9 Å². The summed E-state index contributed by atoms with van der Waals surface area (Å²) >= 11 is 0.